The van der Waals surface area contributed by atoms with Crippen LogP contribution in [0.4, 0.5) is 5.69 Å². The molecule has 7 rings (SSSR count). The summed E-state index contributed by atoms with van der Waals surface area (Å²) in [6, 6.07) is 20.9. The minimum Gasteiger partial charge on any atom is -0.462 e. The molecule has 3 aromatic carbocycles. The molecule has 5 nitrogen and oxygen atoms in total. The highest BCUT2D eigenvalue weighted by Crippen LogP contribution is 2.64. The van der Waals surface area contributed by atoms with Crippen molar-refractivity contribution in [3.05, 3.63) is 99.6 Å². The Morgan fingerprint density at radius 3 is 2.21 bits per heavy atom. The summed E-state index contributed by atoms with van der Waals surface area (Å²) in [5, 5.41) is 0.213. The van der Waals surface area contributed by atoms with Crippen LogP contribution in [0.3, 0.4) is 0 Å². The van der Waals surface area contributed by atoms with Gasteiger partial charge in [0.1, 0.15) is 0 Å². The normalized spacial score (nSPS) is 26.2. The molecule has 4 aliphatic rings. The number of carbonyl (C=O) groups is 3. The van der Waals surface area contributed by atoms with Crippen LogP contribution in [-0.4, -0.2) is 24.4 Å². The monoisotopic (exact) mass is 471 g/mol. The van der Waals surface area contributed by atoms with E-state index >= 15 is 0 Å². The number of rotatable bonds is 3. The number of hydrogen-bond donors (Lipinski definition) is 0. The number of amides is 2. The standard InChI is InChI=1S/C28H22ClNO4/c1-3-34-27(33)18-14-15(12-13-21(18)29)30-25(31)23-22-16-8-4-6-10-19(16)28(2,24(23)26(30)32)20-11-7-5-9-17(20)22/h4-14,22-24H,3H2,1-2H3/t22?,23-,24-,28?/m0/s1. The first-order chi connectivity index (χ1) is 16.4. The van der Waals surface area contributed by atoms with Crippen molar-refractivity contribution in [3.8, 4) is 0 Å². The molecule has 0 radical (unpaired) electrons. The Labute approximate surface area is 202 Å². The zero-order chi connectivity index (χ0) is 23.8. The van der Waals surface area contributed by atoms with Gasteiger partial charge in [0.15, 0.2) is 0 Å². The van der Waals surface area contributed by atoms with E-state index in [0.29, 0.717) is 5.69 Å². The minimum atomic E-state index is -0.634. The second kappa shape index (κ2) is 7.28. The zero-order valence-corrected chi connectivity index (χ0v) is 19.5. The van der Waals surface area contributed by atoms with E-state index in [1.807, 2.05) is 24.3 Å². The molecular formula is C28H22ClNO4. The average Bonchev–Trinajstić information content (AvgIpc) is 3.11. The predicted molar refractivity (Wildman–Crippen MR) is 128 cm³/mol. The molecule has 1 saturated heterocycles. The van der Waals surface area contributed by atoms with Crippen LogP contribution < -0.4 is 4.90 Å². The second-order valence-electron chi connectivity index (χ2n) is 9.25. The number of anilines is 1. The SMILES string of the molecule is CCOC(=O)c1cc(N2C(=O)[C@@H]3[C@@H](C2=O)C2c4ccccc4C3(C)c3ccccc32)ccc1Cl. The van der Waals surface area contributed by atoms with Gasteiger partial charge in [-0.3, -0.25) is 9.59 Å². The molecule has 34 heavy (non-hydrogen) atoms. The molecule has 3 aromatic rings. The summed E-state index contributed by atoms with van der Waals surface area (Å²) in [4.78, 5) is 41.6. The molecule has 0 aromatic heterocycles. The van der Waals surface area contributed by atoms with Gasteiger partial charge in [0.05, 0.1) is 34.7 Å². The highest BCUT2D eigenvalue weighted by atomic mass is 35.5. The first-order valence-corrected chi connectivity index (χ1v) is 11.8. The van der Waals surface area contributed by atoms with E-state index in [2.05, 4.69) is 31.2 Å². The van der Waals surface area contributed by atoms with Crippen molar-refractivity contribution in [2.45, 2.75) is 25.2 Å². The van der Waals surface area contributed by atoms with Crippen LogP contribution in [0.25, 0.3) is 0 Å². The molecule has 2 bridgehead atoms. The van der Waals surface area contributed by atoms with E-state index in [0.717, 1.165) is 22.3 Å². The summed E-state index contributed by atoms with van der Waals surface area (Å²) in [6.45, 7) is 3.99. The maximum absolute atomic E-state index is 14.0. The van der Waals surface area contributed by atoms with Gasteiger partial charge in [-0.05, 0) is 47.4 Å². The van der Waals surface area contributed by atoms with E-state index < -0.39 is 23.2 Å². The van der Waals surface area contributed by atoms with Crippen LogP contribution >= 0.6 is 11.6 Å². The van der Waals surface area contributed by atoms with Crippen molar-refractivity contribution < 1.29 is 19.1 Å². The van der Waals surface area contributed by atoms with Gasteiger partial charge in [0.25, 0.3) is 0 Å². The Bertz CT molecular complexity index is 1350. The molecule has 1 aliphatic heterocycles. The smallest absolute Gasteiger partial charge is 0.339 e. The lowest BCUT2D eigenvalue weighted by atomic mass is 9.48. The molecule has 2 amide bonds. The zero-order valence-electron chi connectivity index (χ0n) is 18.7. The van der Waals surface area contributed by atoms with Crippen LogP contribution in [0, 0.1) is 11.8 Å². The number of nitrogens with zero attached hydrogens (tertiary/aromatic N) is 1. The Balaban J connectivity index is 1.52. The molecule has 1 heterocycles. The number of hydrogen-bond acceptors (Lipinski definition) is 4. The van der Waals surface area contributed by atoms with Crippen molar-refractivity contribution in [1.82, 2.24) is 0 Å². The van der Waals surface area contributed by atoms with Crippen molar-refractivity contribution in [3.63, 3.8) is 0 Å². The molecule has 0 unspecified atom stereocenters. The lowest BCUT2D eigenvalue weighted by molar-refractivity contribution is -0.123. The van der Waals surface area contributed by atoms with Gasteiger partial charge in [-0.15, -0.1) is 0 Å². The molecule has 0 N–H and O–H groups in total. The Hall–Kier alpha value is -3.44. The average molecular weight is 472 g/mol. The van der Waals surface area contributed by atoms with Crippen LogP contribution in [-0.2, 0) is 19.7 Å². The van der Waals surface area contributed by atoms with Gasteiger partial charge < -0.3 is 4.74 Å². The highest BCUT2D eigenvalue weighted by Gasteiger charge is 2.66. The first kappa shape index (κ1) is 21.1. The highest BCUT2D eigenvalue weighted by molar-refractivity contribution is 6.34. The van der Waals surface area contributed by atoms with Gasteiger partial charge in [-0.1, -0.05) is 67.1 Å². The summed E-state index contributed by atoms with van der Waals surface area (Å²) in [7, 11) is 0. The quantitative estimate of drug-likeness (QED) is 0.394. The Kier molecular flexibility index (Phi) is 4.52. The van der Waals surface area contributed by atoms with Crippen LogP contribution in [0.15, 0.2) is 66.7 Å². The molecule has 3 aliphatic carbocycles. The Morgan fingerprint density at radius 2 is 1.59 bits per heavy atom. The topological polar surface area (TPSA) is 63.7 Å². The number of benzene rings is 3. The van der Waals surface area contributed by atoms with Crippen molar-refractivity contribution in [2.75, 3.05) is 11.5 Å². The fourth-order valence-electron chi connectivity index (χ4n) is 6.42. The van der Waals surface area contributed by atoms with E-state index in [-0.39, 0.29) is 34.9 Å². The lowest BCUT2D eigenvalue weighted by Crippen LogP contribution is -2.51. The number of ether oxygens (including phenoxy) is 1. The van der Waals surface area contributed by atoms with E-state index in [1.165, 1.54) is 17.0 Å². The van der Waals surface area contributed by atoms with Crippen LogP contribution in [0.1, 0.15) is 52.4 Å². The van der Waals surface area contributed by atoms with Gasteiger partial charge in [-0.2, -0.15) is 0 Å². The summed E-state index contributed by atoms with van der Waals surface area (Å²) in [6.07, 6.45) is 0. The molecule has 1 fully saturated rings. The van der Waals surface area contributed by atoms with Crippen LogP contribution in [0.2, 0.25) is 5.02 Å². The van der Waals surface area contributed by atoms with E-state index in [4.69, 9.17) is 16.3 Å². The molecule has 170 valence electrons. The predicted octanol–water partition coefficient (Wildman–Crippen LogP) is 5.09. The maximum atomic E-state index is 14.0. The number of carbonyl (C=O) groups excluding carboxylic acids is 3. The largest absolute Gasteiger partial charge is 0.462 e. The lowest BCUT2D eigenvalue weighted by Gasteiger charge is -2.52. The third-order valence-corrected chi connectivity index (χ3v) is 8.08. The minimum absolute atomic E-state index is 0.136. The summed E-state index contributed by atoms with van der Waals surface area (Å²) < 4.78 is 5.11. The fourth-order valence-corrected chi connectivity index (χ4v) is 6.62. The molecule has 6 heteroatoms. The number of imide groups is 1. The number of halogens is 1. The van der Waals surface area contributed by atoms with Gasteiger partial charge in [0.2, 0.25) is 11.8 Å². The summed E-state index contributed by atoms with van der Waals surface area (Å²) >= 11 is 6.24. The summed E-state index contributed by atoms with van der Waals surface area (Å²) in [5.74, 6) is -2.31. The molecule has 2 atom stereocenters. The third kappa shape index (κ3) is 2.53. The Morgan fingerprint density at radius 1 is 0.971 bits per heavy atom. The molecular weight excluding hydrogens is 450 g/mol. The molecule has 0 spiro atoms. The van der Waals surface area contributed by atoms with Gasteiger partial charge in [0, 0.05) is 11.3 Å². The summed E-state index contributed by atoms with van der Waals surface area (Å²) in [5.41, 5.74) is 4.26. The molecule has 0 saturated carbocycles. The van der Waals surface area contributed by atoms with Crippen molar-refractivity contribution >= 4 is 35.1 Å². The maximum Gasteiger partial charge on any atom is 0.339 e. The number of esters is 1. The second-order valence-corrected chi connectivity index (χ2v) is 9.66. The fraction of sp³-hybridized carbons (Fsp3) is 0.250. The van der Waals surface area contributed by atoms with E-state index in [1.54, 1.807) is 13.0 Å². The van der Waals surface area contributed by atoms with Crippen molar-refractivity contribution in [2.24, 2.45) is 11.8 Å². The third-order valence-electron chi connectivity index (χ3n) is 7.75. The van der Waals surface area contributed by atoms with E-state index in [9.17, 15) is 14.4 Å². The van der Waals surface area contributed by atoms with Gasteiger partial charge >= 0.3 is 5.97 Å². The van der Waals surface area contributed by atoms with Crippen molar-refractivity contribution in [1.29, 1.82) is 0 Å². The van der Waals surface area contributed by atoms with Gasteiger partial charge in [-0.25, -0.2) is 9.69 Å². The van der Waals surface area contributed by atoms with Crippen LogP contribution in [0.5, 0.6) is 0 Å². The first-order valence-electron chi connectivity index (χ1n) is 11.4.